The molecule has 0 aliphatic carbocycles. The van der Waals surface area contributed by atoms with Crippen LogP contribution >= 0.6 is 23.2 Å². The molecule has 1 aromatic carbocycles. The standard InChI is InChI=1S/C20H17Cl2N5/c21-16-3-1-2-13(7-16)4-5-23-20-26-9-14(10-27-20)6-15-11-24-19-18(15)8-17(22)12-25-19/h1-3,7-12H,4-6H2,(H,24,25)(H,23,26,27). The van der Waals surface area contributed by atoms with Crippen molar-refractivity contribution in [3.05, 3.63) is 81.9 Å². The number of fused-ring (bicyclic) bond motifs is 1. The van der Waals surface area contributed by atoms with Gasteiger partial charge in [0.2, 0.25) is 5.95 Å². The summed E-state index contributed by atoms with van der Waals surface area (Å²) in [7, 11) is 0. The second kappa shape index (κ2) is 7.94. The maximum Gasteiger partial charge on any atom is 0.222 e. The number of hydrogen-bond acceptors (Lipinski definition) is 4. The number of halogens is 2. The molecule has 3 heterocycles. The third-order valence-corrected chi connectivity index (χ3v) is 4.71. The Morgan fingerprint density at radius 1 is 0.926 bits per heavy atom. The lowest BCUT2D eigenvalue weighted by atomic mass is 10.1. The normalized spacial score (nSPS) is 11.0. The molecule has 0 aliphatic rings. The van der Waals surface area contributed by atoms with Crippen molar-refractivity contribution < 1.29 is 0 Å². The summed E-state index contributed by atoms with van der Waals surface area (Å²) in [4.78, 5) is 16.3. The zero-order valence-electron chi connectivity index (χ0n) is 14.4. The van der Waals surface area contributed by atoms with Crippen LogP contribution in [0.4, 0.5) is 5.95 Å². The lowest BCUT2D eigenvalue weighted by molar-refractivity contribution is 0.974. The van der Waals surface area contributed by atoms with Crippen LogP contribution < -0.4 is 5.32 Å². The first kappa shape index (κ1) is 17.8. The molecule has 0 fully saturated rings. The molecule has 0 bridgehead atoms. The molecule has 5 nitrogen and oxygen atoms in total. The van der Waals surface area contributed by atoms with Gasteiger partial charge in [-0.25, -0.2) is 15.0 Å². The Morgan fingerprint density at radius 3 is 2.59 bits per heavy atom. The van der Waals surface area contributed by atoms with E-state index in [1.54, 1.807) is 6.20 Å². The number of aromatic amines is 1. The van der Waals surface area contributed by atoms with Crippen LogP contribution in [0, 0.1) is 0 Å². The molecule has 0 amide bonds. The number of nitrogens with zero attached hydrogens (tertiary/aromatic N) is 3. The Hall–Kier alpha value is -2.63. The predicted octanol–water partition coefficient (Wildman–Crippen LogP) is 4.91. The third-order valence-electron chi connectivity index (χ3n) is 4.27. The average Bonchev–Trinajstić information content (AvgIpc) is 3.05. The zero-order valence-corrected chi connectivity index (χ0v) is 15.9. The van der Waals surface area contributed by atoms with Crippen molar-refractivity contribution in [2.24, 2.45) is 0 Å². The van der Waals surface area contributed by atoms with E-state index in [2.05, 4.69) is 31.3 Å². The number of anilines is 1. The molecule has 3 aromatic heterocycles. The van der Waals surface area contributed by atoms with Crippen molar-refractivity contribution in [2.75, 3.05) is 11.9 Å². The van der Waals surface area contributed by atoms with Gasteiger partial charge in [0.1, 0.15) is 5.65 Å². The quantitative estimate of drug-likeness (QED) is 0.485. The Kier molecular flexibility index (Phi) is 5.23. The molecule has 27 heavy (non-hydrogen) atoms. The van der Waals surface area contributed by atoms with Crippen LogP contribution in [0.1, 0.15) is 16.7 Å². The van der Waals surface area contributed by atoms with Gasteiger partial charge in [0.05, 0.1) is 5.02 Å². The summed E-state index contributed by atoms with van der Waals surface area (Å²) in [5.41, 5.74) is 4.15. The summed E-state index contributed by atoms with van der Waals surface area (Å²) in [5.74, 6) is 0.615. The minimum atomic E-state index is 0.615. The lowest BCUT2D eigenvalue weighted by Crippen LogP contribution is -2.08. The van der Waals surface area contributed by atoms with Crippen molar-refractivity contribution in [1.29, 1.82) is 0 Å². The maximum absolute atomic E-state index is 6.06. The highest BCUT2D eigenvalue weighted by atomic mass is 35.5. The zero-order chi connectivity index (χ0) is 18.6. The molecular formula is C20H17Cl2N5. The Bertz CT molecular complexity index is 1060. The predicted molar refractivity (Wildman–Crippen MR) is 110 cm³/mol. The highest BCUT2D eigenvalue weighted by Gasteiger charge is 2.07. The molecule has 4 rings (SSSR count). The van der Waals surface area contributed by atoms with Gasteiger partial charge in [0.15, 0.2) is 0 Å². The van der Waals surface area contributed by atoms with E-state index in [1.165, 1.54) is 5.56 Å². The summed E-state index contributed by atoms with van der Waals surface area (Å²) in [5, 5.41) is 5.63. The number of H-pyrrole nitrogens is 1. The van der Waals surface area contributed by atoms with Crippen molar-refractivity contribution in [1.82, 2.24) is 19.9 Å². The molecule has 136 valence electrons. The van der Waals surface area contributed by atoms with Gasteiger partial charge in [-0.05, 0) is 41.3 Å². The van der Waals surface area contributed by atoms with E-state index in [0.29, 0.717) is 17.4 Å². The maximum atomic E-state index is 6.06. The number of pyridine rings is 1. The molecule has 0 saturated carbocycles. The monoisotopic (exact) mass is 397 g/mol. The molecule has 4 aromatic rings. The number of rotatable bonds is 6. The highest BCUT2D eigenvalue weighted by Crippen LogP contribution is 2.22. The van der Waals surface area contributed by atoms with Crippen LogP contribution in [0.25, 0.3) is 11.0 Å². The fourth-order valence-electron chi connectivity index (χ4n) is 2.95. The molecular weight excluding hydrogens is 381 g/mol. The number of aromatic nitrogens is 4. The summed E-state index contributed by atoms with van der Waals surface area (Å²) < 4.78 is 0. The van der Waals surface area contributed by atoms with Crippen molar-refractivity contribution in [2.45, 2.75) is 12.8 Å². The number of benzene rings is 1. The van der Waals surface area contributed by atoms with Gasteiger partial charge in [-0.3, -0.25) is 0 Å². The van der Waals surface area contributed by atoms with Gasteiger partial charge < -0.3 is 10.3 Å². The molecule has 0 aliphatic heterocycles. The van der Waals surface area contributed by atoms with E-state index >= 15 is 0 Å². The van der Waals surface area contributed by atoms with E-state index in [-0.39, 0.29) is 0 Å². The van der Waals surface area contributed by atoms with Crippen LogP contribution in [0.5, 0.6) is 0 Å². The van der Waals surface area contributed by atoms with Gasteiger partial charge in [-0.15, -0.1) is 0 Å². The first-order chi connectivity index (χ1) is 13.2. The van der Waals surface area contributed by atoms with Gasteiger partial charge >= 0.3 is 0 Å². The largest absolute Gasteiger partial charge is 0.354 e. The molecule has 0 saturated heterocycles. The summed E-state index contributed by atoms with van der Waals surface area (Å²) in [6, 6.07) is 9.77. The molecule has 0 unspecified atom stereocenters. The fraction of sp³-hybridized carbons (Fsp3) is 0.150. The van der Waals surface area contributed by atoms with Crippen LogP contribution in [0.3, 0.4) is 0 Å². The summed E-state index contributed by atoms with van der Waals surface area (Å²) in [6.45, 7) is 0.742. The van der Waals surface area contributed by atoms with Crippen molar-refractivity contribution in [3.8, 4) is 0 Å². The highest BCUT2D eigenvalue weighted by molar-refractivity contribution is 6.31. The average molecular weight is 398 g/mol. The van der Waals surface area contributed by atoms with E-state index in [1.807, 2.05) is 42.9 Å². The van der Waals surface area contributed by atoms with E-state index in [0.717, 1.165) is 40.1 Å². The molecule has 0 atom stereocenters. The minimum absolute atomic E-state index is 0.615. The summed E-state index contributed by atoms with van der Waals surface area (Å²) >= 11 is 12.1. The first-order valence-corrected chi connectivity index (χ1v) is 9.34. The van der Waals surface area contributed by atoms with Gasteiger partial charge in [-0.1, -0.05) is 35.3 Å². The van der Waals surface area contributed by atoms with E-state index < -0.39 is 0 Å². The van der Waals surface area contributed by atoms with Crippen LogP contribution in [-0.2, 0) is 12.8 Å². The van der Waals surface area contributed by atoms with Crippen LogP contribution in [0.2, 0.25) is 10.0 Å². The second-order valence-corrected chi connectivity index (χ2v) is 7.13. The van der Waals surface area contributed by atoms with Crippen LogP contribution in [-0.4, -0.2) is 26.5 Å². The Labute approximate surface area is 166 Å². The van der Waals surface area contributed by atoms with Gasteiger partial charge in [0.25, 0.3) is 0 Å². The van der Waals surface area contributed by atoms with E-state index in [9.17, 15) is 0 Å². The molecule has 0 radical (unpaired) electrons. The first-order valence-electron chi connectivity index (χ1n) is 8.58. The molecule has 0 spiro atoms. The van der Waals surface area contributed by atoms with Crippen molar-refractivity contribution in [3.63, 3.8) is 0 Å². The number of nitrogens with one attached hydrogen (secondary N) is 2. The fourth-order valence-corrected chi connectivity index (χ4v) is 3.32. The number of hydrogen-bond donors (Lipinski definition) is 2. The minimum Gasteiger partial charge on any atom is -0.354 e. The Balaban J connectivity index is 1.37. The smallest absolute Gasteiger partial charge is 0.222 e. The second-order valence-electron chi connectivity index (χ2n) is 6.26. The topological polar surface area (TPSA) is 66.5 Å². The lowest BCUT2D eigenvalue weighted by Gasteiger charge is -2.06. The van der Waals surface area contributed by atoms with Crippen LogP contribution in [0.15, 0.2) is 55.1 Å². The van der Waals surface area contributed by atoms with E-state index in [4.69, 9.17) is 23.2 Å². The van der Waals surface area contributed by atoms with Gasteiger partial charge in [0, 0.05) is 48.2 Å². The SMILES string of the molecule is Clc1cccc(CCNc2ncc(Cc3c[nH]c4ncc(Cl)cc34)cn2)c1. The van der Waals surface area contributed by atoms with Crippen molar-refractivity contribution >= 4 is 40.2 Å². The summed E-state index contributed by atoms with van der Waals surface area (Å²) in [6.07, 6.45) is 8.83. The van der Waals surface area contributed by atoms with Gasteiger partial charge in [-0.2, -0.15) is 0 Å². The molecule has 2 N–H and O–H groups in total. The third kappa shape index (κ3) is 4.38. The Morgan fingerprint density at radius 2 is 1.78 bits per heavy atom. The molecule has 7 heteroatoms.